The summed E-state index contributed by atoms with van der Waals surface area (Å²) in [5.41, 5.74) is 0.425. The minimum absolute atomic E-state index is 0.173. The van der Waals surface area contributed by atoms with Gasteiger partial charge in [0, 0.05) is 17.4 Å². The highest BCUT2D eigenvalue weighted by atomic mass is 16.5. The van der Waals surface area contributed by atoms with Crippen LogP contribution in [0.3, 0.4) is 0 Å². The average molecular weight is 317 g/mol. The van der Waals surface area contributed by atoms with Crippen LogP contribution in [0.15, 0.2) is 30.3 Å². The fourth-order valence-electron chi connectivity index (χ4n) is 3.00. The van der Waals surface area contributed by atoms with Crippen LogP contribution in [0.25, 0.3) is 0 Å². The van der Waals surface area contributed by atoms with Crippen molar-refractivity contribution in [3.8, 4) is 0 Å². The third-order valence-corrected chi connectivity index (χ3v) is 4.10. The van der Waals surface area contributed by atoms with E-state index in [9.17, 15) is 19.2 Å². The second-order valence-electron chi connectivity index (χ2n) is 5.48. The summed E-state index contributed by atoms with van der Waals surface area (Å²) in [6.07, 6.45) is 1.58. The Morgan fingerprint density at radius 2 is 1.83 bits per heavy atom. The number of hydrogen-bond donors (Lipinski definition) is 1. The molecule has 122 valence electrons. The Hall–Kier alpha value is -2.50. The highest BCUT2D eigenvalue weighted by Gasteiger charge is 2.48. The number of aldehydes is 2. The van der Waals surface area contributed by atoms with Gasteiger partial charge in [0.2, 0.25) is 0 Å². The van der Waals surface area contributed by atoms with Crippen LogP contribution in [0.2, 0.25) is 0 Å². The normalized spacial score (nSPS) is 26.3. The predicted molar refractivity (Wildman–Crippen MR) is 81.5 cm³/mol. The zero-order valence-electron chi connectivity index (χ0n) is 12.8. The largest absolute Gasteiger partial charge is 0.466 e. The van der Waals surface area contributed by atoms with Crippen LogP contribution in [0.4, 0.5) is 0 Å². The van der Waals surface area contributed by atoms with Gasteiger partial charge in [0.25, 0.3) is 5.91 Å². The summed E-state index contributed by atoms with van der Waals surface area (Å²) in [6, 6.07) is 7.75. The molecule has 1 aliphatic rings. The quantitative estimate of drug-likeness (QED) is 0.624. The number of ether oxygens (including phenoxy) is 1. The lowest BCUT2D eigenvalue weighted by molar-refractivity contribution is -0.151. The van der Waals surface area contributed by atoms with Crippen LogP contribution in [0, 0.1) is 17.8 Å². The van der Waals surface area contributed by atoms with Crippen molar-refractivity contribution in [2.45, 2.75) is 19.4 Å². The van der Waals surface area contributed by atoms with E-state index in [2.05, 4.69) is 5.32 Å². The molecule has 0 aromatic heterocycles. The van der Waals surface area contributed by atoms with E-state index in [1.807, 2.05) is 0 Å². The number of carbonyl (C=O) groups excluding carboxylic acids is 4. The van der Waals surface area contributed by atoms with E-state index in [1.54, 1.807) is 37.3 Å². The van der Waals surface area contributed by atoms with E-state index in [1.165, 1.54) is 0 Å². The van der Waals surface area contributed by atoms with Crippen LogP contribution in [0.1, 0.15) is 23.7 Å². The molecule has 6 heteroatoms. The Bertz CT molecular complexity index is 586. The maximum atomic E-state index is 12.3. The molecular weight excluding hydrogens is 298 g/mol. The van der Waals surface area contributed by atoms with E-state index in [0.29, 0.717) is 18.1 Å². The van der Waals surface area contributed by atoms with Crippen molar-refractivity contribution in [1.82, 2.24) is 5.32 Å². The molecule has 0 heterocycles. The second-order valence-corrected chi connectivity index (χ2v) is 5.48. The van der Waals surface area contributed by atoms with Gasteiger partial charge in [-0.05, 0) is 25.5 Å². The Kier molecular flexibility index (Phi) is 5.62. The topological polar surface area (TPSA) is 89.5 Å². The Labute approximate surface area is 134 Å². The molecule has 0 saturated heterocycles. The number of amides is 1. The number of carbonyl (C=O) groups is 4. The summed E-state index contributed by atoms with van der Waals surface area (Å²) >= 11 is 0. The summed E-state index contributed by atoms with van der Waals surface area (Å²) in [6.45, 7) is 1.84. The maximum Gasteiger partial charge on any atom is 0.311 e. The first-order chi connectivity index (χ1) is 11.1. The monoisotopic (exact) mass is 317 g/mol. The molecular formula is C17H19NO5. The van der Waals surface area contributed by atoms with Crippen molar-refractivity contribution < 1.29 is 23.9 Å². The zero-order chi connectivity index (χ0) is 16.8. The SMILES string of the molecule is CCOC(=O)[C@@H]1[C@H](NC(=O)c2ccccc2)[C@@H](C=O)C[C@H]1C=O. The van der Waals surface area contributed by atoms with Gasteiger partial charge in [0.1, 0.15) is 12.6 Å². The summed E-state index contributed by atoms with van der Waals surface area (Å²) in [4.78, 5) is 47.0. The fraction of sp³-hybridized carbons (Fsp3) is 0.412. The molecule has 0 spiro atoms. The number of hydrogen-bond acceptors (Lipinski definition) is 5. The molecule has 1 saturated carbocycles. The number of benzene rings is 1. The van der Waals surface area contributed by atoms with Gasteiger partial charge in [-0.15, -0.1) is 0 Å². The molecule has 1 aliphatic carbocycles. The molecule has 1 fully saturated rings. The predicted octanol–water partition coefficient (Wildman–Crippen LogP) is 0.998. The van der Waals surface area contributed by atoms with Crippen LogP contribution in [-0.2, 0) is 19.1 Å². The van der Waals surface area contributed by atoms with Crippen LogP contribution in [-0.4, -0.2) is 37.1 Å². The summed E-state index contributed by atoms with van der Waals surface area (Å²) in [7, 11) is 0. The van der Waals surface area contributed by atoms with Crippen molar-refractivity contribution in [1.29, 1.82) is 0 Å². The lowest BCUT2D eigenvalue weighted by Crippen LogP contribution is -2.46. The van der Waals surface area contributed by atoms with Gasteiger partial charge in [-0.2, -0.15) is 0 Å². The molecule has 6 nitrogen and oxygen atoms in total. The lowest BCUT2D eigenvalue weighted by Gasteiger charge is -2.23. The van der Waals surface area contributed by atoms with Gasteiger partial charge in [-0.1, -0.05) is 18.2 Å². The van der Waals surface area contributed by atoms with Gasteiger partial charge in [-0.3, -0.25) is 9.59 Å². The van der Waals surface area contributed by atoms with E-state index in [-0.39, 0.29) is 18.9 Å². The molecule has 2 rings (SSSR count). The Morgan fingerprint density at radius 3 is 2.39 bits per heavy atom. The standard InChI is InChI=1S/C17H19NO5/c1-2-23-17(22)14-12(9-19)8-13(10-20)15(14)18-16(21)11-6-4-3-5-7-11/h3-7,9-10,12-15H,2,8H2,1H3,(H,18,21)/t12-,13+,14-,15+/m0/s1. The van der Waals surface area contributed by atoms with E-state index >= 15 is 0 Å². The summed E-state index contributed by atoms with van der Waals surface area (Å²) < 4.78 is 5.00. The Balaban J connectivity index is 2.23. The van der Waals surface area contributed by atoms with E-state index in [0.717, 1.165) is 0 Å². The zero-order valence-corrected chi connectivity index (χ0v) is 12.8. The van der Waals surface area contributed by atoms with Crippen molar-refractivity contribution in [3.05, 3.63) is 35.9 Å². The molecule has 0 radical (unpaired) electrons. The molecule has 1 aromatic rings. The van der Waals surface area contributed by atoms with Crippen molar-refractivity contribution >= 4 is 24.4 Å². The fourth-order valence-corrected chi connectivity index (χ4v) is 3.00. The van der Waals surface area contributed by atoms with Crippen molar-refractivity contribution in [3.63, 3.8) is 0 Å². The third-order valence-electron chi connectivity index (χ3n) is 4.10. The molecule has 1 N–H and O–H groups in total. The highest BCUT2D eigenvalue weighted by Crippen LogP contribution is 2.35. The molecule has 0 bridgehead atoms. The molecule has 4 atom stereocenters. The van der Waals surface area contributed by atoms with Crippen molar-refractivity contribution in [2.75, 3.05) is 6.61 Å². The molecule has 23 heavy (non-hydrogen) atoms. The summed E-state index contributed by atoms with van der Waals surface area (Å²) in [5.74, 6) is -3.01. The van der Waals surface area contributed by atoms with Gasteiger partial charge in [0.15, 0.2) is 0 Å². The summed E-state index contributed by atoms with van der Waals surface area (Å²) in [5, 5.41) is 2.72. The van der Waals surface area contributed by atoms with Crippen LogP contribution in [0.5, 0.6) is 0 Å². The van der Waals surface area contributed by atoms with Gasteiger partial charge in [0.05, 0.1) is 18.6 Å². The van der Waals surface area contributed by atoms with Crippen LogP contribution >= 0.6 is 0 Å². The average Bonchev–Trinajstić information content (AvgIpc) is 2.93. The number of esters is 1. The third kappa shape index (κ3) is 3.64. The van der Waals surface area contributed by atoms with Gasteiger partial charge >= 0.3 is 5.97 Å². The second kappa shape index (κ2) is 7.67. The first-order valence-electron chi connectivity index (χ1n) is 7.55. The first-order valence-corrected chi connectivity index (χ1v) is 7.55. The van der Waals surface area contributed by atoms with Gasteiger partial charge in [-0.25, -0.2) is 0 Å². The number of nitrogens with one attached hydrogen (secondary N) is 1. The lowest BCUT2D eigenvalue weighted by atomic mass is 9.93. The smallest absolute Gasteiger partial charge is 0.311 e. The highest BCUT2D eigenvalue weighted by molar-refractivity contribution is 5.95. The number of rotatable bonds is 6. The molecule has 0 aliphatic heterocycles. The maximum absolute atomic E-state index is 12.3. The van der Waals surface area contributed by atoms with Gasteiger partial charge < -0.3 is 19.6 Å². The minimum atomic E-state index is -0.838. The van der Waals surface area contributed by atoms with E-state index < -0.39 is 29.8 Å². The van der Waals surface area contributed by atoms with Crippen molar-refractivity contribution in [2.24, 2.45) is 17.8 Å². The Morgan fingerprint density at radius 1 is 1.17 bits per heavy atom. The van der Waals surface area contributed by atoms with E-state index in [4.69, 9.17) is 4.74 Å². The first kappa shape index (κ1) is 16.9. The molecule has 0 unspecified atom stereocenters. The molecule has 1 aromatic carbocycles. The molecule has 1 amide bonds. The van der Waals surface area contributed by atoms with Crippen LogP contribution < -0.4 is 5.32 Å². The minimum Gasteiger partial charge on any atom is -0.466 e.